The fourth-order valence-electron chi connectivity index (χ4n) is 1.63. The van der Waals surface area contributed by atoms with Gasteiger partial charge in [-0.2, -0.15) is 5.10 Å². The summed E-state index contributed by atoms with van der Waals surface area (Å²) in [4.78, 5) is 0. The molecule has 0 aliphatic carbocycles. The van der Waals surface area contributed by atoms with Crippen LogP contribution in [-0.2, 0) is 6.42 Å². The molecule has 1 aromatic carbocycles. The predicted octanol–water partition coefficient (Wildman–Crippen LogP) is 2.76. The molecule has 0 aliphatic heterocycles. The van der Waals surface area contributed by atoms with Crippen LogP contribution in [0.2, 0.25) is 0 Å². The van der Waals surface area contributed by atoms with Crippen molar-refractivity contribution in [1.29, 1.82) is 0 Å². The predicted molar refractivity (Wildman–Crippen MR) is 76.5 cm³/mol. The van der Waals surface area contributed by atoms with E-state index in [1.165, 1.54) is 5.56 Å². The number of rotatable bonds is 5. The molecule has 0 atom stereocenters. The van der Waals surface area contributed by atoms with Crippen LogP contribution in [0.4, 0.5) is 0 Å². The number of aromatic amines is 1. The molecule has 0 saturated carbocycles. The fraction of sp³-hybridized carbons (Fsp3) is 0.231. The third-order valence-electron chi connectivity index (χ3n) is 2.54. The maximum absolute atomic E-state index is 5.14. The summed E-state index contributed by atoms with van der Waals surface area (Å²) >= 11 is 5.14. The lowest BCUT2D eigenvalue weighted by Crippen LogP contribution is -2.17. The van der Waals surface area contributed by atoms with Crippen molar-refractivity contribution >= 4 is 18.3 Å². The molecule has 0 unspecified atom stereocenters. The van der Waals surface area contributed by atoms with Crippen molar-refractivity contribution in [2.75, 3.05) is 12.0 Å². The molecule has 2 N–H and O–H groups in total. The largest absolute Gasteiger partial charge is 0.318 e. The minimum Gasteiger partial charge on any atom is -0.318 e. The first kappa shape index (κ1) is 12.6. The van der Waals surface area contributed by atoms with Crippen molar-refractivity contribution in [1.82, 2.24) is 14.9 Å². The van der Waals surface area contributed by atoms with Gasteiger partial charge in [-0.25, -0.2) is 4.68 Å². The summed E-state index contributed by atoms with van der Waals surface area (Å²) in [5.41, 5.74) is 4.40. The van der Waals surface area contributed by atoms with E-state index in [4.69, 9.17) is 12.2 Å². The Kier molecular flexibility index (Phi) is 4.30. The molecule has 0 fully saturated rings. The van der Waals surface area contributed by atoms with E-state index in [0.29, 0.717) is 11.3 Å². The molecule has 1 heterocycles. The summed E-state index contributed by atoms with van der Waals surface area (Å²) in [5.74, 6) is 0.910. The Bertz CT molecular complexity index is 568. The van der Waals surface area contributed by atoms with Crippen LogP contribution in [0.15, 0.2) is 36.4 Å². The summed E-state index contributed by atoms with van der Waals surface area (Å²) in [5, 5.41) is 6.91. The number of H-pyrrole nitrogens is 1. The van der Waals surface area contributed by atoms with Gasteiger partial charge in [-0.3, -0.25) is 5.10 Å². The van der Waals surface area contributed by atoms with Gasteiger partial charge >= 0.3 is 0 Å². The third kappa shape index (κ3) is 3.07. The SMILES string of the molecule is CCc1n[nH]c(=S)n1NC/C=C/c1ccccc1. The number of aryl methyl sites for hydroxylation is 1. The minimum absolute atomic E-state index is 0.597. The van der Waals surface area contributed by atoms with E-state index in [2.05, 4.69) is 39.9 Å². The molecule has 0 amide bonds. The van der Waals surface area contributed by atoms with E-state index < -0.39 is 0 Å². The summed E-state index contributed by atoms with van der Waals surface area (Å²) in [6.07, 6.45) is 4.97. The Labute approximate surface area is 111 Å². The van der Waals surface area contributed by atoms with Crippen molar-refractivity contribution in [3.63, 3.8) is 0 Å². The standard InChI is InChI=1S/C13H16N4S/c1-2-12-15-16-13(18)17(12)14-10-6-9-11-7-4-3-5-8-11/h3-9,14H,2,10H2,1H3,(H,16,18)/b9-6+. The lowest BCUT2D eigenvalue weighted by Gasteiger charge is -2.05. The molecule has 2 aromatic rings. The molecule has 4 nitrogen and oxygen atoms in total. The van der Waals surface area contributed by atoms with Gasteiger partial charge in [-0.1, -0.05) is 49.4 Å². The van der Waals surface area contributed by atoms with E-state index in [9.17, 15) is 0 Å². The van der Waals surface area contributed by atoms with Crippen LogP contribution in [0.5, 0.6) is 0 Å². The molecule has 94 valence electrons. The average molecular weight is 260 g/mol. The maximum atomic E-state index is 5.14. The van der Waals surface area contributed by atoms with Gasteiger partial charge < -0.3 is 5.43 Å². The zero-order chi connectivity index (χ0) is 12.8. The van der Waals surface area contributed by atoms with Crippen molar-refractivity contribution < 1.29 is 0 Å². The Morgan fingerprint density at radius 3 is 2.89 bits per heavy atom. The van der Waals surface area contributed by atoms with Crippen molar-refractivity contribution in [3.05, 3.63) is 52.6 Å². The van der Waals surface area contributed by atoms with Crippen LogP contribution in [0.1, 0.15) is 18.3 Å². The van der Waals surface area contributed by atoms with Gasteiger partial charge in [0.1, 0.15) is 0 Å². The quantitative estimate of drug-likeness (QED) is 0.813. The van der Waals surface area contributed by atoms with E-state index in [0.717, 1.165) is 12.2 Å². The second kappa shape index (κ2) is 6.16. The number of aromatic nitrogens is 3. The van der Waals surface area contributed by atoms with Gasteiger partial charge in [0.2, 0.25) is 4.77 Å². The third-order valence-corrected chi connectivity index (χ3v) is 2.81. The monoisotopic (exact) mass is 260 g/mol. The second-order valence-corrected chi connectivity index (χ2v) is 4.20. The lowest BCUT2D eigenvalue weighted by atomic mass is 10.2. The summed E-state index contributed by atoms with van der Waals surface area (Å²) in [6, 6.07) is 10.2. The van der Waals surface area contributed by atoms with E-state index >= 15 is 0 Å². The normalized spacial score (nSPS) is 10.9. The molecule has 0 bridgehead atoms. The van der Waals surface area contributed by atoms with Crippen LogP contribution in [0, 0.1) is 4.77 Å². The molecule has 0 spiro atoms. The zero-order valence-electron chi connectivity index (χ0n) is 10.3. The molecule has 2 rings (SSSR count). The molecule has 0 saturated heterocycles. The van der Waals surface area contributed by atoms with Crippen molar-refractivity contribution in [2.45, 2.75) is 13.3 Å². The van der Waals surface area contributed by atoms with Gasteiger partial charge in [-0.15, -0.1) is 0 Å². The van der Waals surface area contributed by atoms with E-state index in [-0.39, 0.29) is 0 Å². The Morgan fingerprint density at radius 1 is 1.39 bits per heavy atom. The highest BCUT2D eigenvalue weighted by Gasteiger charge is 2.00. The minimum atomic E-state index is 0.597. The second-order valence-electron chi connectivity index (χ2n) is 3.81. The zero-order valence-corrected chi connectivity index (χ0v) is 11.1. The molecular formula is C13H16N4S. The van der Waals surface area contributed by atoms with Gasteiger partial charge in [0, 0.05) is 13.0 Å². The van der Waals surface area contributed by atoms with Crippen molar-refractivity contribution in [2.24, 2.45) is 0 Å². The number of nitrogens with zero attached hydrogens (tertiary/aromatic N) is 2. The maximum Gasteiger partial charge on any atom is 0.214 e. The fourth-order valence-corrected chi connectivity index (χ4v) is 1.85. The topological polar surface area (TPSA) is 45.6 Å². The highest BCUT2D eigenvalue weighted by atomic mass is 32.1. The van der Waals surface area contributed by atoms with E-state index in [1.807, 2.05) is 29.8 Å². The Balaban J connectivity index is 1.94. The molecule has 18 heavy (non-hydrogen) atoms. The Morgan fingerprint density at radius 2 is 2.17 bits per heavy atom. The van der Waals surface area contributed by atoms with Gasteiger partial charge in [0.05, 0.1) is 0 Å². The van der Waals surface area contributed by atoms with E-state index in [1.54, 1.807) is 0 Å². The van der Waals surface area contributed by atoms with Crippen LogP contribution >= 0.6 is 12.2 Å². The first-order valence-electron chi connectivity index (χ1n) is 5.93. The molecule has 5 heteroatoms. The lowest BCUT2D eigenvalue weighted by molar-refractivity contribution is 0.792. The molecule has 1 aromatic heterocycles. The molecular weight excluding hydrogens is 244 g/mol. The summed E-state index contributed by atoms with van der Waals surface area (Å²) in [6.45, 7) is 2.75. The smallest absolute Gasteiger partial charge is 0.214 e. The summed E-state index contributed by atoms with van der Waals surface area (Å²) < 4.78 is 2.41. The average Bonchev–Trinajstić information content (AvgIpc) is 2.77. The van der Waals surface area contributed by atoms with Crippen LogP contribution in [0.3, 0.4) is 0 Å². The number of benzene rings is 1. The number of hydrogen-bond donors (Lipinski definition) is 2. The van der Waals surface area contributed by atoms with Gasteiger partial charge in [-0.05, 0) is 17.8 Å². The highest BCUT2D eigenvalue weighted by molar-refractivity contribution is 7.71. The molecule has 0 radical (unpaired) electrons. The van der Waals surface area contributed by atoms with Crippen LogP contribution in [0.25, 0.3) is 6.08 Å². The summed E-state index contributed by atoms with van der Waals surface area (Å²) in [7, 11) is 0. The van der Waals surface area contributed by atoms with Gasteiger partial charge in [0.25, 0.3) is 0 Å². The molecule has 0 aliphatic rings. The van der Waals surface area contributed by atoms with Gasteiger partial charge in [0.15, 0.2) is 5.82 Å². The first-order chi connectivity index (χ1) is 8.81. The van der Waals surface area contributed by atoms with Crippen LogP contribution in [-0.4, -0.2) is 21.4 Å². The first-order valence-corrected chi connectivity index (χ1v) is 6.34. The highest BCUT2D eigenvalue weighted by Crippen LogP contribution is 2.00. The number of hydrogen-bond acceptors (Lipinski definition) is 3. The Hall–Kier alpha value is -1.88. The number of nitrogens with one attached hydrogen (secondary N) is 2. The van der Waals surface area contributed by atoms with Crippen LogP contribution < -0.4 is 5.43 Å². The van der Waals surface area contributed by atoms with Crippen molar-refractivity contribution in [3.8, 4) is 0 Å².